The molecule has 1 aliphatic heterocycles. The summed E-state index contributed by atoms with van der Waals surface area (Å²) >= 11 is 1.22. The first-order valence-corrected chi connectivity index (χ1v) is 11.4. The van der Waals surface area contributed by atoms with Crippen LogP contribution in [0.3, 0.4) is 0 Å². The van der Waals surface area contributed by atoms with Crippen molar-refractivity contribution in [3.05, 3.63) is 113 Å². The minimum Gasteiger partial charge on any atom is -0.464 e. The highest BCUT2D eigenvalue weighted by Crippen LogP contribution is 2.38. The molecular formula is C27H17F3N2O2S. The summed E-state index contributed by atoms with van der Waals surface area (Å²) in [4.78, 5) is 20.0. The molecule has 0 radical (unpaired) electrons. The van der Waals surface area contributed by atoms with Crippen molar-refractivity contribution >= 4 is 40.3 Å². The molecule has 0 saturated carbocycles. The van der Waals surface area contributed by atoms with Crippen LogP contribution < -0.4 is 4.90 Å². The number of aliphatic imine (C=N–C) groups is 1. The van der Waals surface area contributed by atoms with E-state index < -0.39 is 11.7 Å². The van der Waals surface area contributed by atoms with Crippen molar-refractivity contribution in [3.63, 3.8) is 0 Å². The topological polar surface area (TPSA) is 45.8 Å². The van der Waals surface area contributed by atoms with Gasteiger partial charge in [-0.15, -0.1) is 0 Å². The Morgan fingerprint density at radius 2 is 1.60 bits per heavy atom. The summed E-state index contributed by atoms with van der Waals surface area (Å²) < 4.78 is 44.7. The molecule has 35 heavy (non-hydrogen) atoms. The molecule has 8 heteroatoms. The van der Waals surface area contributed by atoms with E-state index in [0.717, 1.165) is 12.1 Å². The van der Waals surface area contributed by atoms with Crippen molar-refractivity contribution in [2.75, 3.05) is 4.90 Å². The fraction of sp³-hybridized carbons (Fsp3) is 0.0370. The van der Waals surface area contributed by atoms with E-state index in [-0.39, 0.29) is 11.7 Å². The fourth-order valence-corrected chi connectivity index (χ4v) is 4.55. The Kier molecular flexibility index (Phi) is 6.05. The Hall–Kier alpha value is -4.04. The van der Waals surface area contributed by atoms with E-state index in [1.807, 2.05) is 60.7 Å². The largest absolute Gasteiger partial charge is 0.464 e. The Morgan fingerprint density at radius 1 is 0.886 bits per heavy atom. The van der Waals surface area contributed by atoms with Crippen molar-refractivity contribution in [2.24, 2.45) is 4.99 Å². The SMILES string of the molecule is O=C1/C(=C/c2coc(-c3cccc(C(F)(F)F)c3)c2)SC(=Nc2ccccc2)N1c1ccccc1. The number of nitrogens with zero attached hydrogens (tertiary/aromatic N) is 2. The van der Waals surface area contributed by atoms with Gasteiger partial charge in [-0.1, -0.05) is 48.5 Å². The van der Waals surface area contributed by atoms with Gasteiger partial charge in [-0.2, -0.15) is 13.2 Å². The molecule has 0 atom stereocenters. The highest BCUT2D eigenvalue weighted by molar-refractivity contribution is 8.19. The van der Waals surface area contributed by atoms with Crippen LogP contribution in [0.2, 0.25) is 0 Å². The number of para-hydroxylation sites is 2. The molecule has 174 valence electrons. The Bertz CT molecular complexity index is 1430. The number of thioether (sulfide) groups is 1. The normalized spacial score (nSPS) is 16.4. The van der Waals surface area contributed by atoms with Gasteiger partial charge in [0.1, 0.15) is 5.76 Å². The van der Waals surface area contributed by atoms with Crippen molar-refractivity contribution < 1.29 is 22.4 Å². The molecule has 1 amide bonds. The van der Waals surface area contributed by atoms with Crippen LogP contribution in [-0.4, -0.2) is 11.1 Å². The first-order valence-electron chi connectivity index (χ1n) is 10.6. The number of carbonyl (C=O) groups is 1. The lowest BCUT2D eigenvalue weighted by Crippen LogP contribution is -2.28. The van der Waals surface area contributed by atoms with Crippen LogP contribution in [0.25, 0.3) is 17.4 Å². The van der Waals surface area contributed by atoms with E-state index in [2.05, 4.69) is 4.99 Å². The van der Waals surface area contributed by atoms with Crippen molar-refractivity contribution in [1.29, 1.82) is 0 Å². The van der Waals surface area contributed by atoms with Gasteiger partial charge in [0.05, 0.1) is 28.1 Å². The predicted octanol–water partition coefficient (Wildman–Crippen LogP) is 7.77. The summed E-state index contributed by atoms with van der Waals surface area (Å²) in [5.74, 6) is 0.0224. The third-order valence-electron chi connectivity index (χ3n) is 5.19. The van der Waals surface area contributed by atoms with Gasteiger partial charge in [0, 0.05) is 11.1 Å². The molecule has 0 spiro atoms. The number of rotatable bonds is 4. The summed E-state index contributed by atoms with van der Waals surface area (Å²) in [7, 11) is 0. The molecule has 1 aromatic heterocycles. The lowest BCUT2D eigenvalue weighted by atomic mass is 10.1. The average Bonchev–Trinajstić information content (AvgIpc) is 3.44. The Balaban J connectivity index is 1.48. The van der Waals surface area contributed by atoms with Crippen molar-refractivity contribution in [3.8, 4) is 11.3 Å². The number of hydrogen-bond acceptors (Lipinski definition) is 4. The van der Waals surface area contributed by atoms with Gasteiger partial charge in [-0.3, -0.25) is 9.69 Å². The minimum atomic E-state index is -4.45. The second-order valence-electron chi connectivity index (χ2n) is 7.64. The maximum Gasteiger partial charge on any atom is 0.416 e. The summed E-state index contributed by atoms with van der Waals surface area (Å²) in [5.41, 5.74) is 1.49. The highest BCUT2D eigenvalue weighted by Gasteiger charge is 2.35. The number of furan rings is 1. The van der Waals surface area contributed by atoms with Gasteiger partial charge in [0.2, 0.25) is 0 Å². The standard InChI is InChI=1S/C27H17F3N2O2S/c28-27(29,30)20-9-7-8-19(16-20)23-14-18(17-34-23)15-24-25(33)32(22-12-5-2-6-13-22)26(35-24)31-21-10-3-1-4-11-21/h1-17H/b24-15-,31-26?. The fourth-order valence-electron chi connectivity index (χ4n) is 3.54. The van der Waals surface area contributed by atoms with E-state index in [1.54, 1.807) is 18.2 Å². The van der Waals surface area contributed by atoms with E-state index in [0.29, 0.717) is 32.6 Å². The second kappa shape index (κ2) is 9.31. The summed E-state index contributed by atoms with van der Waals surface area (Å²) in [6.07, 6.45) is -1.39. The van der Waals surface area contributed by atoms with Gasteiger partial charge < -0.3 is 4.42 Å². The summed E-state index contributed by atoms with van der Waals surface area (Å²) in [6, 6.07) is 25.0. The van der Waals surface area contributed by atoms with Gasteiger partial charge in [-0.05, 0) is 60.3 Å². The maximum absolute atomic E-state index is 13.3. The molecule has 5 rings (SSSR count). The first-order chi connectivity index (χ1) is 16.9. The van der Waals surface area contributed by atoms with Gasteiger partial charge in [0.25, 0.3) is 5.91 Å². The molecule has 2 heterocycles. The third-order valence-corrected chi connectivity index (χ3v) is 6.16. The van der Waals surface area contributed by atoms with E-state index >= 15 is 0 Å². The quantitative estimate of drug-likeness (QED) is 0.275. The van der Waals surface area contributed by atoms with Crippen LogP contribution in [0.15, 0.2) is 112 Å². The molecule has 0 N–H and O–H groups in total. The monoisotopic (exact) mass is 490 g/mol. The number of benzene rings is 3. The van der Waals surface area contributed by atoms with E-state index in [1.165, 1.54) is 29.0 Å². The zero-order valence-electron chi connectivity index (χ0n) is 18.1. The molecule has 0 bridgehead atoms. The number of halogens is 3. The summed E-state index contributed by atoms with van der Waals surface area (Å²) in [5, 5.41) is 0.500. The van der Waals surface area contributed by atoms with Gasteiger partial charge in [-0.25, -0.2) is 4.99 Å². The number of anilines is 1. The smallest absolute Gasteiger partial charge is 0.416 e. The Morgan fingerprint density at radius 3 is 2.31 bits per heavy atom. The average molecular weight is 491 g/mol. The van der Waals surface area contributed by atoms with Crippen LogP contribution in [-0.2, 0) is 11.0 Å². The lowest BCUT2D eigenvalue weighted by molar-refractivity contribution is -0.137. The predicted molar refractivity (Wildman–Crippen MR) is 132 cm³/mol. The van der Waals surface area contributed by atoms with Crippen LogP contribution in [0.1, 0.15) is 11.1 Å². The van der Waals surface area contributed by atoms with Crippen LogP contribution in [0.5, 0.6) is 0 Å². The maximum atomic E-state index is 13.3. The molecule has 1 aliphatic rings. The molecule has 1 saturated heterocycles. The van der Waals surface area contributed by atoms with Crippen molar-refractivity contribution in [1.82, 2.24) is 0 Å². The molecule has 0 unspecified atom stereocenters. The van der Waals surface area contributed by atoms with Crippen molar-refractivity contribution in [2.45, 2.75) is 6.18 Å². The molecule has 1 fully saturated rings. The van der Waals surface area contributed by atoms with Crippen LogP contribution in [0.4, 0.5) is 24.5 Å². The minimum absolute atomic E-state index is 0.252. The zero-order valence-corrected chi connectivity index (χ0v) is 18.9. The Labute approximate surface area is 203 Å². The molecule has 0 aliphatic carbocycles. The van der Waals surface area contributed by atoms with Crippen LogP contribution in [0, 0.1) is 0 Å². The molecule has 4 nitrogen and oxygen atoms in total. The molecular weight excluding hydrogens is 473 g/mol. The third kappa shape index (κ3) is 4.93. The molecule has 4 aromatic rings. The van der Waals surface area contributed by atoms with Crippen LogP contribution >= 0.6 is 11.8 Å². The number of carbonyl (C=O) groups excluding carboxylic acids is 1. The van der Waals surface area contributed by atoms with Gasteiger partial charge in [0.15, 0.2) is 5.17 Å². The number of amides is 1. The van der Waals surface area contributed by atoms with E-state index in [4.69, 9.17) is 4.42 Å². The number of hydrogen-bond donors (Lipinski definition) is 0. The van der Waals surface area contributed by atoms with Gasteiger partial charge >= 0.3 is 6.18 Å². The highest BCUT2D eigenvalue weighted by atomic mass is 32.2. The molecule has 3 aromatic carbocycles. The number of amidine groups is 1. The summed E-state index contributed by atoms with van der Waals surface area (Å²) in [6.45, 7) is 0. The zero-order chi connectivity index (χ0) is 24.4. The van der Waals surface area contributed by atoms with E-state index in [9.17, 15) is 18.0 Å². The first kappa shape index (κ1) is 22.7. The lowest BCUT2D eigenvalue weighted by Gasteiger charge is -2.15. The second-order valence-corrected chi connectivity index (χ2v) is 8.65. The number of alkyl halides is 3.